The van der Waals surface area contributed by atoms with Gasteiger partial charge in [0.15, 0.2) is 0 Å². The number of aryl methyl sites for hydroxylation is 1. The molecule has 0 amide bonds. The van der Waals surface area contributed by atoms with Crippen molar-refractivity contribution in [2.75, 3.05) is 24.5 Å². The molecule has 4 heteroatoms. The Morgan fingerprint density at radius 1 is 1.50 bits per heavy atom. The van der Waals surface area contributed by atoms with Gasteiger partial charge in [-0.25, -0.2) is 0 Å². The predicted octanol–water partition coefficient (Wildman–Crippen LogP) is 0.608. The molecule has 2 rings (SSSR count). The second-order valence-corrected chi connectivity index (χ2v) is 4.00. The highest BCUT2D eigenvalue weighted by molar-refractivity contribution is 5.42. The summed E-state index contributed by atoms with van der Waals surface area (Å²) in [4.78, 5) is 2.39. The van der Waals surface area contributed by atoms with Gasteiger partial charge in [0.05, 0.1) is 11.9 Å². The molecule has 1 aromatic heterocycles. The van der Waals surface area contributed by atoms with Gasteiger partial charge in [-0.05, 0) is 13.3 Å². The Hall–Kier alpha value is -1.03. The fraction of sp³-hybridized carbons (Fsp3) is 0.700. The van der Waals surface area contributed by atoms with Gasteiger partial charge >= 0.3 is 0 Å². The fourth-order valence-electron chi connectivity index (χ4n) is 1.84. The van der Waals surface area contributed by atoms with E-state index in [0.717, 1.165) is 19.6 Å². The quantitative estimate of drug-likeness (QED) is 0.711. The maximum absolute atomic E-state index is 4.20. The molecule has 14 heavy (non-hydrogen) atoms. The average Bonchev–Trinajstić information content (AvgIpc) is 2.46. The van der Waals surface area contributed by atoms with E-state index in [1.807, 2.05) is 17.9 Å². The van der Waals surface area contributed by atoms with Crippen LogP contribution in [-0.2, 0) is 7.05 Å². The van der Waals surface area contributed by atoms with Gasteiger partial charge in [-0.15, -0.1) is 0 Å². The third-order valence-corrected chi connectivity index (χ3v) is 2.76. The molecular weight excluding hydrogens is 176 g/mol. The lowest BCUT2D eigenvalue weighted by Crippen LogP contribution is -2.28. The van der Waals surface area contributed by atoms with Gasteiger partial charge in [-0.1, -0.05) is 0 Å². The molecule has 78 valence electrons. The van der Waals surface area contributed by atoms with Gasteiger partial charge in [0, 0.05) is 38.9 Å². The Bertz CT molecular complexity index is 294. The molecule has 1 aromatic rings. The minimum atomic E-state index is 0.636. The summed E-state index contributed by atoms with van der Waals surface area (Å²) in [5.74, 6) is 0. The van der Waals surface area contributed by atoms with Gasteiger partial charge in [0.25, 0.3) is 0 Å². The first-order valence-electron chi connectivity index (χ1n) is 5.22. The van der Waals surface area contributed by atoms with Gasteiger partial charge in [0.2, 0.25) is 0 Å². The predicted molar refractivity (Wildman–Crippen MR) is 57.5 cm³/mol. The Labute approximate surface area is 84.9 Å². The van der Waals surface area contributed by atoms with Crippen molar-refractivity contribution in [2.45, 2.75) is 19.4 Å². The molecule has 1 atom stereocenters. The smallest absolute Gasteiger partial charge is 0.0752 e. The number of rotatable bonds is 1. The molecule has 1 fully saturated rings. The zero-order valence-electron chi connectivity index (χ0n) is 8.90. The van der Waals surface area contributed by atoms with Gasteiger partial charge in [0.1, 0.15) is 0 Å². The molecule has 0 saturated carbocycles. The van der Waals surface area contributed by atoms with Crippen molar-refractivity contribution >= 4 is 5.69 Å². The van der Waals surface area contributed by atoms with E-state index in [-0.39, 0.29) is 0 Å². The van der Waals surface area contributed by atoms with Crippen LogP contribution < -0.4 is 10.2 Å². The van der Waals surface area contributed by atoms with E-state index in [2.05, 4.69) is 28.4 Å². The Balaban J connectivity index is 2.04. The van der Waals surface area contributed by atoms with Crippen molar-refractivity contribution in [1.29, 1.82) is 0 Å². The minimum absolute atomic E-state index is 0.636. The van der Waals surface area contributed by atoms with E-state index in [0.29, 0.717) is 6.04 Å². The molecule has 1 aliphatic heterocycles. The van der Waals surface area contributed by atoms with Crippen LogP contribution in [0, 0.1) is 0 Å². The number of aromatic nitrogens is 2. The first-order chi connectivity index (χ1) is 6.75. The summed E-state index contributed by atoms with van der Waals surface area (Å²) in [5.41, 5.74) is 1.24. The largest absolute Gasteiger partial charge is 0.368 e. The normalized spacial score (nSPS) is 23.6. The number of anilines is 1. The molecule has 1 aliphatic rings. The molecule has 1 unspecified atom stereocenters. The van der Waals surface area contributed by atoms with Gasteiger partial charge in [-0.3, -0.25) is 4.68 Å². The van der Waals surface area contributed by atoms with Crippen molar-refractivity contribution in [3.8, 4) is 0 Å². The third-order valence-electron chi connectivity index (χ3n) is 2.76. The second-order valence-electron chi connectivity index (χ2n) is 4.00. The van der Waals surface area contributed by atoms with Crippen LogP contribution in [-0.4, -0.2) is 35.5 Å². The molecular formula is C10H18N4. The summed E-state index contributed by atoms with van der Waals surface area (Å²) in [6, 6.07) is 0.636. The second kappa shape index (κ2) is 4.00. The summed E-state index contributed by atoms with van der Waals surface area (Å²) in [5, 5.41) is 7.68. The SMILES string of the molecule is CC1CCN(c2cnn(C)c2)CCN1. The average molecular weight is 194 g/mol. The van der Waals surface area contributed by atoms with E-state index >= 15 is 0 Å². The van der Waals surface area contributed by atoms with Crippen molar-refractivity contribution in [1.82, 2.24) is 15.1 Å². The zero-order chi connectivity index (χ0) is 9.97. The minimum Gasteiger partial charge on any atom is -0.368 e. The Morgan fingerprint density at radius 2 is 2.36 bits per heavy atom. The first-order valence-corrected chi connectivity index (χ1v) is 5.22. The monoisotopic (exact) mass is 194 g/mol. The third kappa shape index (κ3) is 2.07. The Morgan fingerprint density at radius 3 is 3.07 bits per heavy atom. The highest BCUT2D eigenvalue weighted by Gasteiger charge is 2.13. The highest BCUT2D eigenvalue weighted by Crippen LogP contribution is 2.14. The van der Waals surface area contributed by atoms with Crippen LogP contribution in [0.15, 0.2) is 12.4 Å². The highest BCUT2D eigenvalue weighted by atomic mass is 15.3. The number of nitrogens with zero attached hydrogens (tertiary/aromatic N) is 3. The molecule has 0 aliphatic carbocycles. The summed E-state index contributed by atoms with van der Waals surface area (Å²) in [7, 11) is 1.96. The van der Waals surface area contributed by atoms with E-state index in [4.69, 9.17) is 0 Å². The lowest BCUT2D eigenvalue weighted by atomic mass is 10.2. The van der Waals surface area contributed by atoms with Crippen molar-refractivity contribution < 1.29 is 0 Å². The Kier molecular flexibility index (Phi) is 2.72. The summed E-state index contributed by atoms with van der Waals surface area (Å²) in [6.45, 7) is 5.51. The summed E-state index contributed by atoms with van der Waals surface area (Å²) >= 11 is 0. The molecule has 0 radical (unpaired) electrons. The summed E-state index contributed by atoms with van der Waals surface area (Å²) in [6.07, 6.45) is 5.22. The zero-order valence-corrected chi connectivity index (χ0v) is 8.90. The molecule has 1 N–H and O–H groups in total. The standard InChI is InChI=1S/C10H18N4/c1-9-3-5-14(6-4-11-9)10-7-12-13(2)8-10/h7-9,11H,3-6H2,1-2H3. The maximum Gasteiger partial charge on any atom is 0.0752 e. The van der Waals surface area contributed by atoms with Crippen LogP contribution in [0.4, 0.5) is 5.69 Å². The molecule has 2 heterocycles. The summed E-state index contributed by atoms with van der Waals surface area (Å²) < 4.78 is 1.86. The van der Waals surface area contributed by atoms with E-state index < -0.39 is 0 Å². The van der Waals surface area contributed by atoms with E-state index in [1.165, 1.54) is 12.1 Å². The number of hydrogen-bond acceptors (Lipinski definition) is 3. The van der Waals surface area contributed by atoms with Crippen LogP contribution in [0.25, 0.3) is 0 Å². The van der Waals surface area contributed by atoms with Crippen LogP contribution in [0.3, 0.4) is 0 Å². The van der Waals surface area contributed by atoms with Crippen molar-refractivity contribution in [3.05, 3.63) is 12.4 Å². The molecule has 4 nitrogen and oxygen atoms in total. The van der Waals surface area contributed by atoms with E-state index in [9.17, 15) is 0 Å². The van der Waals surface area contributed by atoms with Gasteiger partial charge < -0.3 is 10.2 Å². The number of nitrogens with one attached hydrogen (secondary N) is 1. The molecule has 0 bridgehead atoms. The maximum atomic E-state index is 4.20. The van der Waals surface area contributed by atoms with Crippen molar-refractivity contribution in [2.24, 2.45) is 7.05 Å². The molecule has 1 saturated heterocycles. The van der Waals surface area contributed by atoms with E-state index in [1.54, 1.807) is 0 Å². The molecule has 0 spiro atoms. The number of hydrogen-bond donors (Lipinski definition) is 1. The van der Waals surface area contributed by atoms with Crippen LogP contribution >= 0.6 is 0 Å². The lowest BCUT2D eigenvalue weighted by Gasteiger charge is -2.19. The molecule has 0 aromatic carbocycles. The topological polar surface area (TPSA) is 33.1 Å². The lowest BCUT2D eigenvalue weighted by molar-refractivity contribution is 0.566. The van der Waals surface area contributed by atoms with Crippen LogP contribution in [0.5, 0.6) is 0 Å². The van der Waals surface area contributed by atoms with Crippen molar-refractivity contribution in [3.63, 3.8) is 0 Å². The van der Waals surface area contributed by atoms with Gasteiger partial charge in [-0.2, -0.15) is 5.10 Å². The van der Waals surface area contributed by atoms with Crippen LogP contribution in [0.1, 0.15) is 13.3 Å². The van der Waals surface area contributed by atoms with Crippen LogP contribution in [0.2, 0.25) is 0 Å². The first kappa shape index (κ1) is 9.52. The fourth-order valence-corrected chi connectivity index (χ4v) is 1.84.